The number of halogens is 2. The first-order valence-corrected chi connectivity index (χ1v) is 19.7. The van der Waals surface area contributed by atoms with E-state index < -0.39 is 33.2 Å². The third-order valence-corrected chi connectivity index (χ3v) is 8.88. The Morgan fingerprint density at radius 2 is 1.61 bits per heavy atom. The summed E-state index contributed by atoms with van der Waals surface area (Å²) < 4.78 is 47.1. The molecule has 1 heterocycles. The van der Waals surface area contributed by atoms with Gasteiger partial charge in [-0.1, -0.05) is 85.9 Å². The summed E-state index contributed by atoms with van der Waals surface area (Å²) in [7, 11) is -0.259. The lowest BCUT2D eigenvalue weighted by atomic mass is 10.2. The number of nitrogens with zero attached hydrogens (tertiary/aromatic N) is 2. The molecular weight excluding hydrogens is 713 g/mol. The van der Waals surface area contributed by atoms with E-state index in [9.17, 15) is 18.4 Å². The first-order chi connectivity index (χ1) is 26.2. The highest BCUT2D eigenvalue weighted by Crippen LogP contribution is 2.40. The predicted octanol–water partition coefficient (Wildman–Crippen LogP) is 7.24. The van der Waals surface area contributed by atoms with Gasteiger partial charge in [0.25, 0.3) is 5.92 Å². The molecule has 1 aromatic carbocycles. The van der Waals surface area contributed by atoms with E-state index in [1.165, 1.54) is 24.2 Å². The second-order valence-corrected chi connectivity index (χ2v) is 13.6. The molecule has 54 heavy (non-hydrogen) atoms. The van der Waals surface area contributed by atoms with E-state index in [-0.39, 0.29) is 24.8 Å². The second kappa shape index (κ2) is 29.4. The highest BCUT2D eigenvalue weighted by Gasteiger charge is 2.52. The van der Waals surface area contributed by atoms with Gasteiger partial charge in [0.15, 0.2) is 6.23 Å². The standard InChI is InChI=1S/C40H59F2N6O5P/c1-3-4-5-6-7-8-9-10-11-12-13-14-15-16-17-18-22-25-38(50)45-29-27-44-28-30-47-54(53-35-23-20-19-21-24-35)51-33-36-32-40(41,42)39(52-36)48(2)31-26-37(43)46-34-49/h4-5,7-8,10-11,13-14,16-17,19-21,23-24,26,31,34,36,39,44,47H,3,6,9,12,15,18,22,25,27-30,32-33H2,1-2H3,(H,45,50)(H2,43,46,49)/b5-4-,8-7-,11-10-,14-13-,17-16-,31-26-. The highest BCUT2D eigenvalue weighted by atomic mass is 31.2. The Hall–Kier alpha value is -4.00. The predicted molar refractivity (Wildman–Crippen MR) is 215 cm³/mol. The monoisotopic (exact) mass is 772 g/mol. The third kappa shape index (κ3) is 22.3. The molecule has 1 aliphatic heterocycles. The Bertz CT molecular complexity index is 1390. The summed E-state index contributed by atoms with van der Waals surface area (Å²) in [5.74, 6) is -2.68. The molecule has 14 heteroatoms. The van der Waals surface area contributed by atoms with Crippen LogP contribution in [-0.2, 0) is 18.8 Å². The minimum Gasteiger partial charge on any atom is -0.436 e. The molecule has 0 radical (unpaired) electrons. The number of hydrogen-bond acceptors (Lipinski definition) is 8. The number of benzene rings is 1. The number of nitrogens with one attached hydrogen (secondary N) is 3. The summed E-state index contributed by atoms with van der Waals surface area (Å²) in [6.07, 6.45) is 28.5. The van der Waals surface area contributed by atoms with E-state index in [1.54, 1.807) is 12.1 Å². The largest absolute Gasteiger partial charge is 0.436 e. The highest BCUT2D eigenvalue weighted by molar-refractivity contribution is 7.45. The van der Waals surface area contributed by atoms with Crippen LogP contribution in [0.25, 0.3) is 0 Å². The first-order valence-electron chi connectivity index (χ1n) is 18.6. The molecule has 1 saturated heterocycles. The van der Waals surface area contributed by atoms with Gasteiger partial charge in [-0.25, -0.2) is 13.9 Å². The molecule has 0 spiro atoms. The molecule has 5 N–H and O–H groups in total. The number of ether oxygens (including phenoxy) is 1. The zero-order valence-corrected chi connectivity index (χ0v) is 32.6. The number of hydrogen-bond donors (Lipinski definition) is 4. The summed E-state index contributed by atoms with van der Waals surface area (Å²) in [6, 6.07) is 9.07. The summed E-state index contributed by atoms with van der Waals surface area (Å²) >= 11 is 0. The zero-order valence-electron chi connectivity index (χ0n) is 31.7. The van der Waals surface area contributed by atoms with Crippen molar-refractivity contribution >= 4 is 26.7 Å². The van der Waals surface area contributed by atoms with E-state index in [0.717, 1.165) is 44.9 Å². The molecule has 0 aliphatic carbocycles. The van der Waals surface area contributed by atoms with Crippen LogP contribution in [0.1, 0.15) is 64.7 Å². The SMILES string of the molecule is CC/C=C\C/C=C\C/C=C\C/C=C\C/C=C\CCCC(=O)NCCNCCNP(OCC1CC(F)(F)C(N(C)/C=C\C(N)=NC=O)O1)Oc1ccccc1. The fourth-order valence-electron chi connectivity index (χ4n) is 4.92. The number of amidine groups is 1. The summed E-state index contributed by atoms with van der Waals surface area (Å²) in [4.78, 5) is 27.2. The number of carbonyl (C=O) groups is 2. The Balaban J connectivity index is 1.59. The van der Waals surface area contributed by atoms with Crippen LogP contribution in [0.15, 0.2) is 108 Å². The number of aliphatic imine (C=N–C) groups is 1. The van der Waals surface area contributed by atoms with Gasteiger partial charge in [0.05, 0.1) is 12.7 Å². The maximum Gasteiger partial charge on any atom is 0.318 e. The Morgan fingerprint density at radius 1 is 0.981 bits per heavy atom. The van der Waals surface area contributed by atoms with Crippen molar-refractivity contribution < 1.29 is 32.2 Å². The van der Waals surface area contributed by atoms with Crippen LogP contribution in [0.4, 0.5) is 8.78 Å². The molecule has 0 saturated carbocycles. The van der Waals surface area contributed by atoms with Crippen molar-refractivity contribution in [3.63, 3.8) is 0 Å². The van der Waals surface area contributed by atoms with E-state index >= 15 is 0 Å². The van der Waals surface area contributed by atoms with Crippen LogP contribution >= 0.6 is 8.53 Å². The van der Waals surface area contributed by atoms with Gasteiger partial charge in [0.1, 0.15) is 11.6 Å². The fraction of sp³-hybridized carbons (Fsp3) is 0.475. The van der Waals surface area contributed by atoms with Gasteiger partial charge < -0.3 is 35.1 Å². The van der Waals surface area contributed by atoms with Crippen molar-refractivity contribution in [3.05, 3.63) is 103 Å². The van der Waals surface area contributed by atoms with E-state index in [0.29, 0.717) is 38.3 Å². The molecule has 3 atom stereocenters. The maximum atomic E-state index is 14.8. The fourth-order valence-corrected chi connectivity index (χ4v) is 6.04. The lowest BCUT2D eigenvalue weighted by Gasteiger charge is -2.27. The van der Waals surface area contributed by atoms with Gasteiger partial charge >= 0.3 is 8.53 Å². The van der Waals surface area contributed by atoms with Crippen molar-refractivity contribution in [1.29, 1.82) is 0 Å². The minimum atomic E-state index is -3.16. The van der Waals surface area contributed by atoms with Gasteiger partial charge in [-0.05, 0) is 63.2 Å². The molecule has 1 aliphatic rings. The Kier molecular flexibility index (Phi) is 25.1. The molecule has 298 valence electrons. The molecule has 11 nitrogen and oxygen atoms in total. The molecule has 0 aromatic heterocycles. The lowest BCUT2D eigenvalue weighted by molar-refractivity contribution is -0.132. The van der Waals surface area contributed by atoms with Crippen LogP contribution in [0.3, 0.4) is 0 Å². The van der Waals surface area contributed by atoms with Crippen molar-refractivity contribution in [2.45, 2.75) is 83.0 Å². The molecule has 3 unspecified atom stereocenters. The molecule has 1 aromatic rings. The number of rotatable bonds is 29. The van der Waals surface area contributed by atoms with E-state index in [1.807, 2.05) is 18.2 Å². The van der Waals surface area contributed by atoms with Crippen molar-refractivity contribution in [2.75, 3.05) is 39.8 Å². The van der Waals surface area contributed by atoms with Gasteiger partial charge in [0, 0.05) is 52.3 Å². The van der Waals surface area contributed by atoms with Crippen LogP contribution in [-0.4, -0.2) is 81.1 Å². The second-order valence-electron chi connectivity index (χ2n) is 12.3. The minimum absolute atomic E-state index is 0.0236. The normalized spacial score (nSPS) is 18.3. The third-order valence-electron chi connectivity index (χ3n) is 7.64. The molecule has 2 amide bonds. The average Bonchev–Trinajstić information content (AvgIpc) is 3.47. The number of unbranched alkanes of at least 4 members (excludes halogenated alkanes) is 1. The molecule has 2 rings (SSSR count). The quantitative estimate of drug-likeness (QED) is 0.0166. The van der Waals surface area contributed by atoms with Gasteiger partial charge in [-0.2, -0.15) is 4.99 Å². The zero-order chi connectivity index (χ0) is 39.1. The average molecular weight is 773 g/mol. The molecule has 1 fully saturated rings. The Morgan fingerprint density at radius 3 is 2.26 bits per heavy atom. The number of allylic oxidation sites excluding steroid dienone is 10. The summed E-state index contributed by atoms with van der Waals surface area (Å²) in [6.45, 7) is 4.14. The number of alkyl halides is 2. The number of nitrogens with two attached hydrogens (primary N) is 1. The smallest absolute Gasteiger partial charge is 0.318 e. The topological polar surface area (TPSA) is 140 Å². The molecule has 0 bridgehead atoms. The van der Waals surface area contributed by atoms with Gasteiger partial charge in [-0.15, -0.1) is 0 Å². The van der Waals surface area contributed by atoms with Gasteiger partial charge in [-0.3, -0.25) is 9.59 Å². The number of amides is 2. The molecular formula is C40H59F2N6O5P. The first kappa shape index (κ1) is 46.2. The lowest BCUT2D eigenvalue weighted by Crippen LogP contribution is -2.40. The summed E-state index contributed by atoms with van der Waals surface area (Å²) in [5, 5.41) is 9.39. The van der Waals surface area contributed by atoms with Crippen molar-refractivity contribution in [2.24, 2.45) is 10.7 Å². The number of carbonyl (C=O) groups excluding carboxylic acids is 2. The van der Waals surface area contributed by atoms with Gasteiger partial charge in [0.2, 0.25) is 12.3 Å². The van der Waals surface area contributed by atoms with Crippen LogP contribution in [0.2, 0.25) is 0 Å². The number of para-hydroxylation sites is 1. The van der Waals surface area contributed by atoms with Crippen LogP contribution < -0.4 is 26.0 Å². The van der Waals surface area contributed by atoms with E-state index in [2.05, 4.69) is 88.4 Å². The summed E-state index contributed by atoms with van der Waals surface area (Å²) in [5.41, 5.74) is 5.53. The van der Waals surface area contributed by atoms with Crippen molar-refractivity contribution in [3.8, 4) is 5.75 Å². The van der Waals surface area contributed by atoms with Crippen LogP contribution in [0.5, 0.6) is 5.75 Å². The van der Waals surface area contributed by atoms with Crippen LogP contribution in [0, 0.1) is 0 Å². The Labute approximate surface area is 321 Å². The maximum absolute atomic E-state index is 14.8. The van der Waals surface area contributed by atoms with E-state index in [4.69, 9.17) is 19.5 Å². The van der Waals surface area contributed by atoms with Crippen molar-refractivity contribution in [1.82, 2.24) is 20.6 Å².